The Kier molecular flexibility index (Phi) is 6.24. The van der Waals surface area contributed by atoms with E-state index < -0.39 is 0 Å². The molecule has 10 heteroatoms. The van der Waals surface area contributed by atoms with Crippen molar-refractivity contribution in [3.05, 3.63) is 52.5 Å². The number of pyridine rings is 1. The summed E-state index contributed by atoms with van der Waals surface area (Å²) in [5.74, 6) is 1.21. The van der Waals surface area contributed by atoms with Crippen molar-refractivity contribution < 1.29 is 14.4 Å². The molecule has 168 valence electrons. The van der Waals surface area contributed by atoms with Crippen molar-refractivity contribution >= 4 is 39.3 Å². The highest BCUT2D eigenvalue weighted by Crippen LogP contribution is 2.28. The van der Waals surface area contributed by atoms with Gasteiger partial charge in [-0.3, -0.25) is 0 Å². The third kappa shape index (κ3) is 4.57. The second kappa shape index (κ2) is 9.43. The highest BCUT2D eigenvalue weighted by molar-refractivity contribution is 9.10. The minimum atomic E-state index is -0.336. The highest BCUT2D eigenvalue weighted by Gasteiger charge is 2.25. The molecule has 3 aromatic rings. The lowest BCUT2D eigenvalue weighted by atomic mass is 10.1. The molecule has 1 aromatic carbocycles. The number of carbonyl (C=O) groups is 1. The van der Waals surface area contributed by atoms with Crippen molar-refractivity contribution in [3.63, 3.8) is 0 Å². The molecule has 5 rings (SSSR count). The number of morpholine rings is 1. The number of hydroxylamine groups is 2. The number of nitrogens with zero attached hydrogens (tertiary/aromatic N) is 5. The Balaban J connectivity index is 1.28. The van der Waals surface area contributed by atoms with E-state index in [1.807, 2.05) is 34.8 Å². The molecule has 4 heterocycles. The molecule has 2 aliphatic heterocycles. The molecule has 0 bridgehead atoms. The summed E-state index contributed by atoms with van der Waals surface area (Å²) >= 11 is 3.66. The maximum atomic E-state index is 12.4. The average Bonchev–Trinajstić information content (AvgIpc) is 3.22. The third-order valence-corrected chi connectivity index (χ3v) is 6.29. The lowest BCUT2D eigenvalue weighted by Gasteiger charge is -2.31. The summed E-state index contributed by atoms with van der Waals surface area (Å²) in [7, 11) is 0. The summed E-state index contributed by atoms with van der Waals surface area (Å²) in [6, 6.07) is 13.1. The second-order valence-electron chi connectivity index (χ2n) is 7.93. The van der Waals surface area contributed by atoms with Crippen molar-refractivity contribution in [1.82, 2.24) is 19.7 Å². The van der Waals surface area contributed by atoms with Gasteiger partial charge in [-0.1, -0.05) is 18.2 Å². The predicted octanol–water partition coefficient (Wildman–Crippen LogP) is 2.98. The van der Waals surface area contributed by atoms with E-state index in [1.165, 1.54) is 0 Å². The van der Waals surface area contributed by atoms with Crippen LogP contribution in [0.25, 0.3) is 5.65 Å². The van der Waals surface area contributed by atoms with Crippen LogP contribution < -0.4 is 10.2 Å². The first kappa shape index (κ1) is 21.2. The van der Waals surface area contributed by atoms with Gasteiger partial charge in [0.25, 0.3) is 0 Å². The van der Waals surface area contributed by atoms with E-state index in [0.29, 0.717) is 37.8 Å². The first-order valence-electron chi connectivity index (χ1n) is 10.8. The number of anilines is 2. The summed E-state index contributed by atoms with van der Waals surface area (Å²) in [5.41, 5.74) is 1.33. The van der Waals surface area contributed by atoms with Gasteiger partial charge in [-0.2, -0.15) is 9.50 Å². The van der Waals surface area contributed by atoms with E-state index in [9.17, 15) is 4.79 Å². The van der Waals surface area contributed by atoms with Crippen LogP contribution >= 0.6 is 15.9 Å². The van der Waals surface area contributed by atoms with Gasteiger partial charge in [0.1, 0.15) is 5.82 Å². The molecule has 2 fully saturated rings. The first-order valence-corrected chi connectivity index (χ1v) is 11.6. The van der Waals surface area contributed by atoms with E-state index in [0.717, 1.165) is 41.9 Å². The topological polar surface area (TPSA) is 84.2 Å². The summed E-state index contributed by atoms with van der Waals surface area (Å²) in [6.45, 7) is 4.30. The van der Waals surface area contributed by atoms with Crippen molar-refractivity contribution in [2.45, 2.75) is 18.9 Å². The maximum Gasteiger partial charge on any atom is 0.357 e. The number of carbonyl (C=O) groups excluding carboxylic acids is 1. The lowest BCUT2D eigenvalue weighted by molar-refractivity contribution is -0.121. The summed E-state index contributed by atoms with van der Waals surface area (Å²) in [6.07, 6.45) is 1.87. The summed E-state index contributed by atoms with van der Waals surface area (Å²) in [5, 5.41) is 9.88. The molecule has 32 heavy (non-hydrogen) atoms. The fraction of sp³-hybridized carbons (Fsp3) is 0.409. The Morgan fingerprint density at radius 1 is 1.12 bits per heavy atom. The molecule has 0 radical (unpaired) electrons. The Bertz CT molecular complexity index is 1090. The molecule has 2 aromatic heterocycles. The van der Waals surface area contributed by atoms with E-state index in [1.54, 1.807) is 17.2 Å². The van der Waals surface area contributed by atoms with Gasteiger partial charge in [0.2, 0.25) is 5.95 Å². The average molecular weight is 501 g/mol. The standard InChI is InChI=1S/C22H25BrN6O3/c23-18-8-9-19-25-22(26-29(19)20(18)27-11-13-31-14-12-27)24-17-7-4-10-28(15-17)32-21(30)16-5-2-1-3-6-16/h1-3,5-6,8-9,17H,4,7,10-15H2,(H,24,26). The zero-order chi connectivity index (χ0) is 21.9. The van der Waals surface area contributed by atoms with Crippen LogP contribution in [0.3, 0.4) is 0 Å². The summed E-state index contributed by atoms with van der Waals surface area (Å²) in [4.78, 5) is 24.9. The van der Waals surface area contributed by atoms with Crippen LogP contribution in [-0.4, -0.2) is 71.1 Å². The van der Waals surface area contributed by atoms with Gasteiger partial charge in [-0.25, -0.2) is 4.79 Å². The Hall–Kier alpha value is -2.69. The molecule has 2 aliphatic rings. The molecule has 1 N–H and O–H groups in total. The van der Waals surface area contributed by atoms with Crippen LogP contribution in [0.4, 0.5) is 11.8 Å². The number of ether oxygens (including phenoxy) is 1. The van der Waals surface area contributed by atoms with Gasteiger partial charge < -0.3 is 19.8 Å². The zero-order valence-corrected chi connectivity index (χ0v) is 19.2. The van der Waals surface area contributed by atoms with Crippen molar-refractivity contribution in [2.24, 2.45) is 0 Å². The maximum absolute atomic E-state index is 12.4. The number of rotatable bonds is 5. The quantitative estimate of drug-likeness (QED) is 0.572. The second-order valence-corrected chi connectivity index (χ2v) is 8.78. The monoisotopic (exact) mass is 500 g/mol. The molecule has 0 aliphatic carbocycles. The Labute approximate surface area is 194 Å². The molecule has 9 nitrogen and oxygen atoms in total. The number of benzene rings is 1. The number of aromatic nitrogens is 3. The molecular formula is C22H25BrN6O3. The highest BCUT2D eigenvalue weighted by atomic mass is 79.9. The molecular weight excluding hydrogens is 476 g/mol. The normalized spacial score (nSPS) is 19.8. The molecule has 1 unspecified atom stereocenters. The summed E-state index contributed by atoms with van der Waals surface area (Å²) < 4.78 is 8.33. The number of hydrogen-bond donors (Lipinski definition) is 1. The predicted molar refractivity (Wildman–Crippen MR) is 124 cm³/mol. The lowest BCUT2D eigenvalue weighted by Crippen LogP contribution is -2.43. The Morgan fingerprint density at radius 2 is 1.94 bits per heavy atom. The van der Waals surface area contributed by atoms with Crippen molar-refractivity contribution in [3.8, 4) is 0 Å². The van der Waals surface area contributed by atoms with Crippen molar-refractivity contribution in [1.29, 1.82) is 0 Å². The van der Waals surface area contributed by atoms with Crippen LogP contribution in [-0.2, 0) is 9.57 Å². The zero-order valence-electron chi connectivity index (χ0n) is 17.6. The van der Waals surface area contributed by atoms with E-state index in [-0.39, 0.29) is 12.0 Å². The van der Waals surface area contributed by atoms with Crippen LogP contribution in [0.15, 0.2) is 46.9 Å². The van der Waals surface area contributed by atoms with Gasteiger partial charge in [0, 0.05) is 25.7 Å². The minimum absolute atomic E-state index is 0.0833. The largest absolute Gasteiger partial charge is 0.378 e. The number of piperidine rings is 1. The molecule has 0 saturated carbocycles. The fourth-order valence-corrected chi connectivity index (χ4v) is 4.65. The minimum Gasteiger partial charge on any atom is -0.378 e. The SMILES string of the molecule is O=C(ON1CCCC(Nc2nc3ccc(Br)c(N4CCOCC4)n3n2)C1)c1ccccc1. The van der Waals surface area contributed by atoms with Crippen LogP contribution in [0, 0.1) is 0 Å². The van der Waals surface area contributed by atoms with E-state index in [2.05, 4.69) is 31.1 Å². The number of hydrogen-bond acceptors (Lipinski definition) is 8. The molecule has 0 amide bonds. The van der Waals surface area contributed by atoms with Crippen molar-refractivity contribution in [2.75, 3.05) is 49.6 Å². The van der Waals surface area contributed by atoms with Gasteiger partial charge in [0.05, 0.1) is 29.8 Å². The van der Waals surface area contributed by atoms with Crippen LogP contribution in [0.2, 0.25) is 0 Å². The Morgan fingerprint density at radius 3 is 2.75 bits per heavy atom. The van der Waals surface area contributed by atoms with Gasteiger partial charge >= 0.3 is 5.97 Å². The number of nitrogens with one attached hydrogen (secondary N) is 1. The van der Waals surface area contributed by atoms with E-state index >= 15 is 0 Å². The fourth-order valence-electron chi connectivity index (χ4n) is 4.10. The number of fused-ring (bicyclic) bond motifs is 1. The first-order chi connectivity index (χ1) is 15.7. The smallest absolute Gasteiger partial charge is 0.357 e. The van der Waals surface area contributed by atoms with Crippen LogP contribution in [0.1, 0.15) is 23.2 Å². The molecule has 2 saturated heterocycles. The van der Waals surface area contributed by atoms with Crippen LogP contribution in [0.5, 0.6) is 0 Å². The van der Waals surface area contributed by atoms with E-state index in [4.69, 9.17) is 14.7 Å². The third-order valence-electron chi connectivity index (χ3n) is 5.67. The molecule has 1 atom stereocenters. The molecule has 0 spiro atoms. The van der Waals surface area contributed by atoms with Gasteiger partial charge in [-0.15, -0.1) is 10.2 Å². The van der Waals surface area contributed by atoms with Gasteiger partial charge in [0.15, 0.2) is 5.65 Å². The van der Waals surface area contributed by atoms with Gasteiger partial charge in [-0.05, 0) is 53.0 Å². The number of halogens is 1.